The maximum absolute atomic E-state index is 12.1. The van der Waals surface area contributed by atoms with Gasteiger partial charge in [0.25, 0.3) is 5.91 Å². The number of hydrogen-bond acceptors (Lipinski definition) is 2. The van der Waals surface area contributed by atoms with Gasteiger partial charge in [0.2, 0.25) is 0 Å². The molecule has 0 atom stereocenters. The van der Waals surface area contributed by atoms with Gasteiger partial charge in [0.05, 0.1) is 16.1 Å². The molecule has 1 aromatic carbocycles. The molecule has 0 spiro atoms. The van der Waals surface area contributed by atoms with E-state index in [0.29, 0.717) is 5.56 Å². The molecular weight excluding hydrogens is 300 g/mol. The molecule has 0 saturated carbocycles. The third-order valence-electron chi connectivity index (χ3n) is 2.48. The van der Waals surface area contributed by atoms with Crippen molar-refractivity contribution in [3.05, 3.63) is 33.8 Å². The summed E-state index contributed by atoms with van der Waals surface area (Å²) in [6, 6.07) is 5.52. The van der Waals surface area contributed by atoms with Gasteiger partial charge in [0.1, 0.15) is 0 Å². The largest absolute Gasteiger partial charge is 0.391 e. The van der Waals surface area contributed by atoms with Crippen LogP contribution in [0.25, 0.3) is 0 Å². The second-order valence-corrected chi connectivity index (χ2v) is 5.61. The van der Waals surface area contributed by atoms with Gasteiger partial charge in [-0.2, -0.15) is 0 Å². The zero-order chi connectivity index (χ0) is 13.2. The van der Waals surface area contributed by atoms with E-state index in [9.17, 15) is 4.79 Å². The lowest BCUT2D eigenvalue weighted by Gasteiger charge is -2.25. The second kappa shape index (κ2) is 5.14. The molecule has 0 saturated heterocycles. The molecule has 0 aliphatic heterocycles. The highest BCUT2D eigenvalue weighted by Gasteiger charge is 2.25. The first kappa shape index (κ1) is 14.1. The molecule has 0 fully saturated rings. The maximum Gasteiger partial charge on any atom is 0.253 e. The van der Waals surface area contributed by atoms with E-state index in [1.54, 1.807) is 19.9 Å². The lowest BCUT2D eigenvalue weighted by Crippen LogP contribution is -2.52. The fraction of sp³-hybridized carbons (Fsp3) is 0.333. The van der Waals surface area contributed by atoms with Crippen molar-refractivity contribution in [3.8, 4) is 0 Å². The minimum Gasteiger partial charge on any atom is -0.391 e. The summed E-state index contributed by atoms with van der Waals surface area (Å²) >= 11 is 8.31. The van der Waals surface area contributed by atoms with E-state index in [1.165, 1.54) is 0 Å². The molecule has 17 heavy (non-hydrogen) atoms. The molecule has 3 nitrogen and oxygen atoms in total. The van der Waals surface area contributed by atoms with E-state index in [1.807, 2.05) is 19.1 Å². The predicted octanol–water partition coefficient (Wildman–Crippen LogP) is 2.55. The minimum atomic E-state index is -0.699. The normalized spacial score (nSPS) is 11.1. The number of rotatable bonds is 3. The molecule has 5 heteroatoms. The van der Waals surface area contributed by atoms with Crippen LogP contribution in [0.4, 0.5) is 0 Å². The Kier molecular flexibility index (Phi) is 4.27. The van der Waals surface area contributed by atoms with Gasteiger partial charge in [0.15, 0.2) is 0 Å². The highest BCUT2D eigenvalue weighted by atomic mass is 79.9. The average Bonchev–Trinajstić information content (AvgIpc) is 2.21. The average molecular weight is 315 g/mol. The summed E-state index contributed by atoms with van der Waals surface area (Å²) in [7, 11) is 0. The SMILES string of the molecule is Cc1cccc(C(=O)NC(C)(C)C(N)=S)c1Br. The summed E-state index contributed by atoms with van der Waals surface area (Å²) in [5.41, 5.74) is 6.45. The fourth-order valence-corrected chi connectivity index (χ4v) is 1.73. The van der Waals surface area contributed by atoms with Crippen LogP contribution in [0.3, 0.4) is 0 Å². The first-order valence-corrected chi connectivity index (χ1v) is 6.33. The van der Waals surface area contributed by atoms with Gasteiger partial charge < -0.3 is 11.1 Å². The lowest BCUT2D eigenvalue weighted by atomic mass is 10.0. The van der Waals surface area contributed by atoms with Crippen molar-refractivity contribution in [2.75, 3.05) is 0 Å². The fourth-order valence-electron chi connectivity index (χ4n) is 1.24. The van der Waals surface area contributed by atoms with Crippen molar-refractivity contribution >= 4 is 39.0 Å². The van der Waals surface area contributed by atoms with Crippen molar-refractivity contribution in [3.63, 3.8) is 0 Å². The molecule has 0 radical (unpaired) electrons. The Balaban J connectivity index is 2.99. The Bertz CT molecular complexity index is 472. The zero-order valence-corrected chi connectivity index (χ0v) is 12.4. The quantitative estimate of drug-likeness (QED) is 0.843. The summed E-state index contributed by atoms with van der Waals surface area (Å²) < 4.78 is 0.788. The number of hydrogen-bond donors (Lipinski definition) is 2. The third-order valence-corrected chi connectivity index (χ3v) is 4.04. The second-order valence-electron chi connectivity index (χ2n) is 4.38. The van der Waals surface area contributed by atoms with Crippen LogP contribution in [0.1, 0.15) is 29.8 Å². The topological polar surface area (TPSA) is 55.1 Å². The number of aryl methyl sites for hydroxylation is 1. The van der Waals surface area contributed by atoms with Crippen LogP contribution >= 0.6 is 28.1 Å². The molecule has 1 aromatic rings. The predicted molar refractivity (Wildman–Crippen MR) is 77.2 cm³/mol. The van der Waals surface area contributed by atoms with E-state index < -0.39 is 5.54 Å². The molecule has 0 heterocycles. The Labute approximate surface area is 115 Å². The van der Waals surface area contributed by atoms with Crippen LogP contribution in [-0.2, 0) is 0 Å². The van der Waals surface area contributed by atoms with Crippen molar-refractivity contribution in [2.45, 2.75) is 26.3 Å². The van der Waals surface area contributed by atoms with Gasteiger partial charge in [-0.25, -0.2) is 0 Å². The first-order chi connectivity index (χ1) is 7.75. The van der Waals surface area contributed by atoms with Crippen LogP contribution in [0.5, 0.6) is 0 Å². The van der Waals surface area contributed by atoms with Crippen molar-refractivity contribution in [1.82, 2.24) is 5.32 Å². The first-order valence-electron chi connectivity index (χ1n) is 5.13. The Morgan fingerprint density at radius 3 is 2.59 bits per heavy atom. The summed E-state index contributed by atoms with van der Waals surface area (Å²) in [6.45, 7) is 5.48. The van der Waals surface area contributed by atoms with Gasteiger partial charge in [-0.1, -0.05) is 24.4 Å². The molecule has 0 unspecified atom stereocenters. The van der Waals surface area contributed by atoms with Crippen LogP contribution in [-0.4, -0.2) is 16.4 Å². The van der Waals surface area contributed by atoms with Crippen LogP contribution in [0, 0.1) is 6.92 Å². The van der Waals surface area contributed by atoms with E-state index in [0.717, 1.165) is 10.0 Å². The number of thiocarbonyl (C=S) groups is 1. The highest BCUT2D eigenvalue weighted by molar-refractivity contribution is 9.10. The Morgan fingerprint density at radius 2 is 2.06 bits per heavy atom. The summed E-state index contributed by atoms with van der Waals surface area (Å²) in [5.74, 6) is -0.196. The number of carbonyl (C=O) groups is 1. The van der Waals surface area contributed by atoms with E-state index >= 15 is 0 Å². The smallest absolute Gasteiger partial charge is 0.253 e. The minimum absolute atomic E-state index is 0.196. The molecule has 3 N–H and O–H groups in total. The Hall–Kier alpha value is -0.940. The third kappa shape index (κ3) is 3.26. The van der Waals surface area contributed by atoms with Crippen molar-refractivity contribution in [1.29, 1.82) is 0 Å². The van der Waals surface area contributed by atoms with E-state index in [-0.39, 0.29) is 10.9 Å². The zero-order valence-electron chi connectivity index (χ0n) is 10.0. The number of carbonyl (C=O) groups excluding carboxylic acids is 1. The molecule has 1 rings (SSSR count). The molecule has 92 valence electrons. The molecule has 0 bridgehead atoms. The van der Waals surface area contributed by atoms with Crippen molar-refractivity contribution < 1.29 is 4.79 Å². The number of nitrogens with two attached hydrogens (primary N) is 1. The maximum atomic E-state index is 12.1. The molecule has 0 aliphatic rings. The molecule has 0 aliphatic carbocycles. The standard InChI is InChI=1S/C12H15BrN2OS/c1-7-5-4-6-8(9(7)13)10(16)15-12(2,3)11(14)17/h4-6H,1-3H3,(H2,14,17)(H,15,16). The lowest BCUT2D eigenvalue weighted by molar-refractivity contribution is 0.0931. The van der Waals surface area contributed by atoms with E-state index in [2.05, 4.69) is 21.2 Å². The molecule has 0 aromatic heterocycles. The number of amides is 1. The van der Waals surface area contributed by atoms with Gasteiger partial charge in [-0.15, -0.1) is 0 Å². The molecular formula is C12H15BrN2OS. The van der Waals surface area contributed by atoms with Crippen molar-refractivity contribution in [2.24, 2.45) is 5.73 Å². The van der Waals surface area contributed by atoms with Crippen LogP contribution in [0.2, 0.25) is 0 Å². The van der Waals surface area contributed by atoms with Crippen LogP contribution < -0.4 is 11.1 Å². The highest BCUT2D eigenvalue weighted by Crippen LogP contribution is 2.21. The van der Waals surface area contributed by atoms with Gasteiger partial charge >= 0.3 is 0 Å². The number of nitrogens with one attached hydrogen (secondary N) is 1. The van der Waals surface area contributed by atoms with Gasteiger partial charge in [-0.3, -0.25) is 4.79 Å². The van der Waals surface area contributed by atoms with E-state index in [4.69, 9.17) is 18.0 Å². The number of halogens is 1. The van der Waals surface area contributed by atoms with Gasteiger partial charge in [0, 0.05) is 4.47 Å². The monoisotopic (exact) mass is 314 g/mol. The Morgan fingerprint density at radius 1 is 1.47 bits per heavy atom. The van der Waals surface area contributed by atoms with Crippen LogP contribution in [0.15, 0.2) is 22.7 Å². The summed E-state index contributed by atoms with van der Waals surface area (Å²) in [4.78, 5) is 12.3. The summed E-state index contributed by atoms with van der Waals surface area (Å²) in [5, 5.41) is 2.80. The number of benzene rings is 1. The summed E-state index contributed by atoms with van der Waals surface area (Å²) in [6.07, 6.45) is 0. The van der Waals surface area contributed by atoms with Gasteiger partial charge in [-0.05, 0) is 48.3 Å². The molecule has 1 amide bonds.